The summed E-state index contributed by atoms with van der Waals surface area (Å²) < 4.78 is 0. The van der Waals surface area contributed by atoms with Crippen LogP contribution in [0.4, 0.5) is 0 Å². The average Bonchev–Trinajstić information content (AvgIpc) is 1.69. The average molecular weight is 283 g/mol. The van der Waals surface area contributed by atoms with Gasteiger partial charge in [-0.3, -0.25) is 0 Å². The van der Waals surface area contributed by atoms with Crippen molar-refractivity contribution in [1.82, 2.24) is 0 Å². The maximum atomic E-state index is 3.03. The minimum atomic E-state index is 0. The zero-order valence-electron chi connectivity index (χ0n) is 5.42. The fraction of sp³-hybridized carbons (Fsp3) is 0.143. The van der Waals surface area contributed by atoms with Crippen molar-refractivity contribution in [2.24, 2.45) is 0 Å². The summed E-state index contributed by atoms with van der Waals surface area (Å²) in [5.74, 6) is 0. The minimum absolute atomic E-state index is 0. The van der Waals surface area contributed by atoms with E-state index in [0.29, 0.717) is 0 Å². The SMILES string of the molecule is Cc1[c-]cccc1.[Cd+2].[Se-]. The minimum Gasteiger partial charge on any atom is -1.00 e. The van der Waals surface area contributed by atoms with E-state index in [2.05, 4.69) is 6.07 Å². The third-order valence-corrected chi connectivity index (χ3v) is 0.865. The van der Waals surface area contributed by atoms with E-state index in [1.54, 1.807) is 0 Å². The van der Waals surface area contributed by atoms with Crippen molar-refractivity contribution in [3.05, 3.63) is 35.9 Å². The predicted molar refractivity (Wildman–Crippen MR) is 35.8 cm³/mol. The van der Waals surface area contributed by atoms with Crippen LogP contribution in [0, 0.1) is 13.0 Å². The van der Waals surface area contributed by atoms with Crippen LogP contribution < -0.4 is 0 Å². The van der Waals surface area contributed by atoms with Crippen molar-refractivity contribution in [1.29, 1.82) is 0 Å². The molecule has 0 saturated heterocycles. The topological polar surface area (TPSA) is 0 Å². The first kappa shape index (κ1) is 12.3. The van der Waals surface area contributed by atoms with Gasteiger partial charge in [0.05, 0.1) is 0 Å². The van der Waals surface area contributed by atoms with Crippen LogP contribution >= 0.6 is 0 Å². The van der Waals surface area contributed by atoms with Gasteiger partial charge in [0.2, 0.25) is 0 Å². The summed E-state index contributed by atoms with van der Waals surface area (Å²) in [6.45, 7) is 2.03. The van der Waals surface area contributed by atoms with Crippen LogP contribution in [0.2, 0.25) is 0 Å². The molecule has 0 nitrogen and oxygen atoms in total. The maximum Gasteiger partial charge on any atom is 2.00 e. The molecule has 1 rings (SSSR count). The van der Waals surface area contributed by atoms with Gasteiger partial charge < -0.3 is 17.1 Å². The van der Waals surface area contributed by atoms with Crippen LogP contribution in [0.25, 0.3) is 0 Å². The van der Waals surface area contributed by atoms with Gasteiger partial charge in [-0.25, -0.2) is 0 Å². The molecule has 0 aliphatic rings. The van der Waals surface area contributed by atoms with Crippen LogP contribution in [0.15, 0.2) is 24.3 Å². The third kappa shape index (κ3) is 5.12. The Kier molecular flexibility index (Phi) is 9.30. The van der Waals surface area contributed by atoms with Gasteiger partial charge in [-0.15, -0.1) is 0 Å². The molecule has 2 heteroatoms. The summed E-state index contributed by atoms with van der Waals surface area (Å²) in [5, 5.41) is 0. The molecule has 0 N–H and O–H groups in total. The molecule has 0 heterocycles. The Hall–Kier alpha value is 0.662. The molecular weight excluding hydrogens is 275 g/mol. The fourth-order valence-corrected chi connectivity index (χ4v) is 0.483. The molecule has 0 bridgehead atoms. The van der Waals surface area contributed by atoms with Crippen LogP contribution in [0.3, 0.4) is 0 Å². The molecule has 1 radical (unpaired) electrons. The first-order valence-corrected chi connectivity index (χ1v) is 2.33. The zero-order chi connectivity index (χ0) is 5.11. The van der Waals surface area contributed by atoms with Crippen molar-refractivity contribution in [3.8, 4) is 0 Å². The molecule has 0 saturated carbocycles. The van der Waals surface area contributed by atoms with Crippen molar-refractivity contribution in [3.63, 3.8) is 0 Å². The van der Waals surface area contributed by atoms with Gasteiger partial charge in [0, 0.05) is 0 Å². The molecule has 0 aliphatic carbocycles. The second-order valence-electron chi connectivity index (χ2n) is 1.55. The standard InChI is InChI=1S/C7H7.Cd.Se/c1-7-5-3-2-4-6-7;;/h2-5H,1H3;;/q-1;+2;-1. The van der Waals surface area contributed by atoms with E-state index in [1.807, 2.05) is 31.2 Å². The van der Waals surface area contributed by atoms with Crippen LogP contribution in [0.1, 0.15) is 5.56 Å². The molecule has 0 aromatic heterocycles. The third-order valence-electron chi connectivity index (χ3n) is 0.865. The van der Waals surface area contributed by atoms with Gasteiger partial charge in [-0.1, -0.05) is 6.92 Å². The summed E-state index contributed by atoms with van der Waals surface area (Å²) in [4.78, 5) is 0. The van der Waals surface area contributed by atoms with E-state index in [-0.39, 0.29) is 44.4 Å². The Morgan fingerprint density at radius 3 is 2.22 bits per heavy atom. The molecule has 0 atom stereocenters. The molecule has 0 amide bonds. The number of benzene rings is 1. The van der Waals surface area contributed by atoms with Gasteiger partial charge in [0.1, 0.15) is 0 Å². The molecule has 0 spiro atoms. The Morgan fingerprint density at radius 2 is 2.00 bits per heavy atom. The molecule has 0 aliphatic heterocycles. The van der Waals surface area contributed by atoms with Gasteiger partial charge in [-0.05, 0) is 0 Å². The van der Waals surface area contributed by atoms with Crippen molar-refractivity contribution >= 4 is 17.1 Å². The van der Waals surface area contributed by atoms with E-state index >= 15 is 0 Å². The second kappa shape index (κ2) is 6.78. The van der Waals surface area contributed by atoms with Gasteiger partial charge in [-0.2, -0.15) is 35.9 Å². The molecule has 43 valence electrons. The number of hydrogen-bond donors (Lipinski definition) is 0. The van der Waals surface area contributed by atoms with Crippen molar-refractivity contribution < 1.29 is 27.3 Å². The predicted octanol–water partition coefficient (Wildman–Crippen LogP) is 1.41. The number of rotatable bonds is 0. The monoisotopic (exact) mass is 285 g/mol. The van der Waals surface area contributed by atoms with Crippen LogP contribution in [-0.4, -0.2) is 17.1 Å². The second-order valence-corrected chi connectivity index (χ2v) is 1.55. The first-order chi connectivity index (χ1) is 3.39. The fourth-order valence-electron chi connectivity index (χ4n) is 0.483. The van der Waals surface area contributed by atoms with E-state index < -0.39 is 0 Å². The smallest absolute Gasteiger partial charge is 1.00 e. The quantitative estimate of drug-likeness (QED) is 0.499. The summed E-state index contributed by atoms with van der Waals surface area (Å²) in [7, 11) is 0. The van der Waals surface area contributed by atoms with Crippen molar-refractivity contribution in [2.75, 3.05) is 0 Å². The Balaban J connectivity index is 0. The van der Waals surface area contributed by atoms with Crippen molar-refractivity contribution in [2.45, 2.75) is 6.92 Å². The molecule has 1 aromatic rings. The van der Waals surface area contributed by atoms with E-state index in [9.17, 15) is 0 Å². The largest absolute Gasteiger partial charge is 2.00 e. The summed E-state index contributed by atoms with van der Waals surface area (Å²) in [6, 6.07) is 10.9. The van der Waals surface area contributed by atoms with E-state index in [1.165, 1.54) is 5.56 Å². The van der Waals surface area contributed by atoms with E-state index in [0.717, 1.165) is 0 Å². The molecular formula is C7H7CdSe. The number of aryl methyl sites for hydroxylation is 1. The normalized spacial score (nSPS) is 6.78. The summed E-state index contributed by atoms with van der Waals surface area (Å²) in [5.41, 5.74) is 1.20. The van der Waals surface area contributed by atoms with Crippen LogP contribution in [-0.2, 0) is 27.3 Å². The summed E-state index contributed by atoms with van der Waals surface area (Å²) in [6.07, 6.45) is 0. The Bertz CT molecular complexity index is 139. The number of hydrogen-bond acceptors (Lipinski definition) is 0. The molecule has 9 heavy (non-hydrogen) atoms. The van der Waals surface area contributed by atoms with Gasteiger partial charge in [0.15, 0.2) is 0 Å². The first-order valence-electron chi connectivity index (χ1n) is 2.33. The molecule has 0 unspecified atom stereocenters. The maximum absolute atomic E-state index is 3.03. The Morgan fingerprint density at radius 1 is 1.33 bits per heavy atom. The molecule has 0 fully saturated rings. The Labute approximate surface area is 86.7 Å². The van der Waals surface area contributed by atoms with Crippen LogP contribution in [0.5, 0.6) is 0 Å². The van der Waals surface area contributed by atoms with E-state index in [4.69, 9.17) is 0 Å². The zero-order valence-corrected chi connectivity index (χ0v) is 11.2. The van der Waals surface area contributed by atoms with Gasteiger partial charge >= 0.3 is 27.3 Å². The molecule has 1 aromatic carbocycles. The van der Waals surface area contributed by atoms with Gasteiger partial charge in [0.25, 0.3) is 0 Å². The summed E-state index contributed by atoms with van der Waals surface area (Å²) >= 11 is 0.